The molecule has 102 valence electrons. The summed E-state index contributed by atoms with van der Waals surface area (Å²) in [6, 6.07) is 9.02. The molecule has 0 heterocycles. The van der Waals surface area contributed by atoms with Crippen molar-refractivity contribution in [3.63, 3.8) is 0 Å². The van der Waals surface area contributed by atoms with Gasteiger partial charge in [0.25, 0.3) is 0 Å². The second-order valence-corrected chi connectivity index (χ2v) is 6.67. The van der Waals surface area contributed by atoms with Crippen LogP contribution in [-0.2, 0) is 6.42 Å². The molecule has 0 aromatic heterocycles. The smallest absolute Gasteiger partial charge is 0.0216 e. The van der Waals surface area contributed by atoms with Crippen LogP contribution in [-0.4, -0.2) is 0 Å². The van der Waals surface area contributed by atoms with Crippen molar-refractivity contribution < 1.29 is 0 Å². The minimum absolute atomic E-state index is 1.04. The molecule has 3 rings (SSSR count). The molecule has 0 saturated carbocycles. The van der Waals surface area contributed by atoms with E-state index in [2.05, 4.69) is 74.0 Å². The van der Waals surface area contributed by atoms with Crippen LogP contribution in [0, 0.1) is 20.8 Å². The van der Waals surface area contributed by atoms with Crippen molar-refractivity contribution in [1.82, 2.24) is 0 Å². The second-order valence-electron chi connectivity index (χ2n) is 5.81. The molecule has 0 nitrogen and oxygen atoms in total. The SMILES string of the molecule is CC1=CCc2c(Br)ccc(-c3c(C)cc(C)cc3C)c21. The Bertz CT molecular complexity index is 713. The predicted octanol–water partition coefficient (Wildman–Crippen LogP) is 6.00. The van der Waals surface area contributed by atoms with Crippen LogP contribution in [0.4, 0.5) is 0 Å². The summed E-state index contributed by atoms with van der Waals surface area (Å²) in [5.74, 6) is 0. The van der Waals surface area contributed by atoms with Crippen LogP contribution in [0.3, 0.4) is 0 Å². The third kappa shape index (κ3) is 2.05. The van der Waals surface area contributed by atoms with E-state index in [1.807, 2.05) is 0 Å². The lowest BCUT2D eigenvalue weighted by Crippen LogP contribution is -1.96. The van der Waals surface area contributed by atoms with Crippen molar-refractivity contribution in [2.75, 3.05) is 0 Å². The lowest BCUT2D eigenvalue weighted by Gasteiger charge is -2.17. The third-order valence-corrected chi connectivity index (χ3v) is 4.95. The number of allylic oxidation sites excluding steroid dienone is 2. The van der Waals surface area contributed by atoms with E-state index in [9.17, 15) is 0 Å². The largest absolute Gasteiger partial charge is 0.0765 e. The van der Waals surface area contributed by atoms with Gasteiger partial charge in [-0.25, -0.2) is 0 Å². The topological polar surface area (TPSA) is 0 Å². The molecule has 20 heavy (non-hydrogen) atoms. The molecule has 0 N–H and O–H groups in total. The fourth-order valence-corrected chi connectivity index (χ4v) is 3.94. The van der Waals surface area contributed by atoms with E-state index in [0.29, 0.717) is 0 Å². The van der Waals surface area contributed by atoms with E-state index >= 15 is 0 Å². The Kier molecular flexibility index (Phi) is 3.33. The molecule has 2 aromatic rings. The minimum atomic E-state index is 1.04. The van der Waals surface area contributed by atoms with Crippen molar-refractivity contribution in [2.45, 2.75) is 34.1 Å². The average molecular weight is 327 g/mol. The minimum Gasteiger partial charge on any atom is -0.0765 e. The van der Waals surface area contributed by atoms with Gasteiger partial charge in [-0.2, -0.15) is 0 Å². The van der Waals surface area contributed by atoms with Gasteiger partial charge in [-0.15, -0.1) is 0 Å². The highest BCUT2D eigenvalue weighted by atomic mass is 79.9. The van der Waals surface area contributed by atoms with Crippen molar-refractivity contribution in [3.05, 3.63) is 62.6 Å². The van der Waals surface area contributed by atoms with Crippen LogP contribution in [0.15, 0.2) is 34.8 Å². The van der Waals surface area contributed by atoms with Crippen molar-refractivity contribution in [2.24, 2.45) is 0 Å². The lowest BCUT2D eigenvalue weighted by atomic mass is 9.88. The Balaban J connectivity index is 2.33. The van der Waals surface area contributed by atoms with Crippen LogP contribution in [0.25, 0.3) is 16.7 Å². The highest BCUT2D eigenvalue weighted by Crippen LogP contribution is 2.41. The zero-order valence-corrected chi connectivity index (χ0v) is 14.1. The van der Waals surface area contributed by atoms with Crippen molar-refractivity contribution in [3.8, 4) is 11.1 Å². The summed E-state index contributed by atoms with van der Waals surface area (Å²) in [5, 5.41) is 0. The summed E-state index contributed by atoms with van der Waals surface area (Å²) in [6.45, 7) is 8.83. The predicted molar refractivity (Wildman–Crippen MR) is 91.1 cm³/mol. The van der Waals surface area contributed by atoms with E-state index < -0.39 is 0 Å². The fourth-order valence-electron chi connectivity index (χ4n) is 3.44. The van der Waals surface area contributed by atoms with Crippen molar-refractivity contribution in [1.29, 1.82) is 0 Å². The first-order valence-electron chi connectivity index (χ1n) is 7.05. The van der Waals surface area contributed by atoms with Crippen molar-refractivity contribution >= 4 is 21.5 Å². The van der Waals surface area contributed by atoms with Gasteiger partial charge in [0.15, 0.2) is 0 Å². The Morgan fingerprint density at radius 1 is 0.900 bits per heavy atom. The number of aryl methyl sites for hydroxylation is 3. The number of hydrogen-bond donors (Lipinski definition) is 0. The molecule has 1 heteroatoms. The molecular formula is C19H19Br. The zero-order chi connectivity index (χ0) is 14.4. The lowest BCUT2D eigenvalue weighted by molar-refractivity contribution is 1.27. The number of rotatable bonds is 1. The summed E-state index contributed by atoms with van der Waals surface area (Å²) in [6.07, 6.45) is 3.37. The van der Waals surface area contributed by atoms with E-state index in [0.717, 1.165) is 6.42 Å². The van der Waals surface area contributed by atoms with Gasteiger partial charge in [0.05, 0.1) is 0 Å². The maximum Gasteiger partial charge on any atom is 0.0216 e. The molecule has 0 fully saturated rings. The van der Waals surface area contributed by atoms with Crippen LogP contribution < -0.4 is 0 Å². The van der Waals surface area contributed by atoms with Gasteiger partial charge in [-0.1, -0.05) is 45.8 Å². The molecule has 1 aliphatic rings. The fraction of sp³-hybridized carbons (Fsp3) is 0.263. The quantitative estimate of drug-likeness (QED) is 0.602. The van der Waals surface area contributed by atoms with E-state index in [-0.39, 0.29) is 0 Å². The van der Waals surface area contributed by atoms with Crippen LogP contribution in [0.5, 0.6) is 0 Å². The van der Waals surface area contributed by atoms with Gasteiger partial charge in [0, 0.05) is 4.47 Å². The first-order chi connectivity index (χ1) is 9.49. The van der Waals surface area contributed by atoms with Gasteiger partial charge >= 0.3 is 0 Å². The Morgan fingerprint density at radius 3 is 2.20 bits per heavy atom. The molecule has 0 amide bonds. The summed E-state index contributed by atoms with van der Waals surface area (Å²) in [7, 11) is 0. The Hall–Kier alpha value is -1.34. The van der Waals surface area contributed by atoms with Crippen LogP contribution >= 0.6 is 15.9 Å². The molecule has 0 spiro atoms. The van der Waals surface area contributed by atoms with Gasteiger partial charge < -0.3 is 0 Å². The normalized spacial score (nSPS) is 13.3. The van der Waals surface area contributed by atoms with Crippen LogP contribution in [0.1, 0.15) is 34.7 Å². The molecule has 2 aromatic carbocycles. The summed E-state index contributed by atoms with van der Waals surface area (Å²) in [4.78, 5) is 0. The van der Waals surface area contributed by atoms with E-state index in [1.165, 1.54) is 49.0 Å². The van der Waals surface area contributed by atoms with Gasteiger partial charge in [0.1, 0.15) is 0 Å². The summed E-state index contributed by atoms with van der Waals surface area (Å²) >= 11 is 3.70. The molecule has 0 atom stereocenters. The number of halogens is 1. The van der Waals surface area contributed by atoms with E-state index in [4.69, 9.17) is 0 Å². The highest BCUT2D eigenvalue weighted by molar-refractivity contribution is 9.10. The van der Waals surface area contributed by atoms with E-state index in [1.54, 1.807) is 0 Å². The van der Waals surface area contributed by atoms with Gasteiger partial charge in [0.2, 0.25) is 0 Å². The molecular weight excluding hydrogens is 308 g/mol. The second kappa shape index (κ2) is 4.89. The molecule has 1 aliphatic carbocycles. The standard InChI is InChI=1S/C19H19Br/c1-11-9-13(3)18(14(4)10-11)16-7-8-17(20)15-6-5-12(2)19(15)16/h5,7-10H,6H2,1-4H3. The molecule has 0 aliphatic heterocycles. The average Bonchev–Trinajstić information content (AvgIpc) is 2.74. The molecule has 0 radical (unpaired) electrons. The molecule has 0 unspecified atom stereocenters. The highest BCUT2D eigenvalue weighted by Gasteiger charge is 2.20. The maximum atomic E-state index is 3.70. The van der Waals surface area contributed by atoms with Gasteiger partial charge in [-0.3, -0.25) is 0 Å². The number of hydrogen-bond acceptors (Lipinski definition) is 0. The first kappa shape index (κ1) is 13.6. The van der Waals surface area contributed by atoms with Gasteiger partial charge in [-0.05, 0) is 79.1 Å². The summed E-state index contributed by atoms with van der Waals surface area (Å²) in [5.41, 5.74) is 11.1. The zero-order valence-electron chi connectivity index (χ0n) is 12.5. The summed E-state index contributed by atoms with van der Waals surface area (Å²) < 4.78 is 1.23. The maximum absolute atomic E-state index is 3.70. The number of fused-ring (bicyclic) bond motifs is 1. The van der Waals surface area contributed by atoms with Crippen LogP contribution in [0.2, 0.25) is 0 Å². The Morgan fingerprint density at radius 2 is 1.55 bits per heavy atom. The molecule has 0 saturated heterocycles. The first-order valence-corrected chi connectivity index (χ1v) is 7.85. The third-order valence-electron chi connectivity index (χ3n) is 4.21. The monoisotopic (exact) mass is 326 g/mol. The molecule has 0 bridgehead atoms. The number of benzene rings is 2. The Labute approximate surface area is 129 Å².